The van der Waals surface area contributed by atoms with E-state index in [2.05, 4.69) is 29.6 Å². The minimum absolute atomic E-state index is 0.00636. The van der Waals surface area contributed by atoms with Crippen LogP contribution in [0.15, 0.2) is 60.7 Å². The van der Waals surface area contributed by atoms with Gasteiger partial charge in [0.15, 0.2) is 0 Å². The summed E-state index contributed by atoms with van der Waals surface area (Å²) in [5.41, 5.74) is 8.31. The van der Waals surface area contributed by atoms with E-state index < -0.39 is 6.10 Å². The summed E-state index contributed by atoms with van der Waals surface area (Å²) in [6.07, 6.45) is 1.31. The SMILES string of the molecule is N[C@H]1C[C@H](C(=O)NCCC(c2ccccc2)c2ccccc2)C[C@@H]1O. The molecule has 2 aromatic rings. The van der Waals surface area contributed by atoms with E-state index in [1.807, 2.05) is 36.4 Å². The lowest BCUT2D eigenvalue weighted by atomic mass is 9.88. The van der Waals surface area contributed by atoms with Gasteiger partial charge in [-0.1, -0.05) is 60.7 Å². The molecule has 4 nitrogen and oxygen atoms in total. The smallest absolute Gasteiger partial charge is 0.223 e. The van der Waals surface area contributed by atoms with Gasteiger partial charge in [0.1, 0.15) is 0 Å². The number of hydrogen-bond acceptors (Lipinski definition) is 3. The largest absolute Gasteiger partial charge is 0.391 e. The summed E-state index contributed by atoms with van der Waals surface area (Å²) >= 11 is 0. The van der Waals surface area contributed by atoms with Crippen LogP contribution in [0.25, 0.3) is 0 Å². The lowest BCUT2D eigenvalue weighted by Gasteiger charge is -2.19. The number of amides is 1. The highest BCUT2D eigenvalue weighted by atomic mass is 16.3. The first-order chi connectivity index (χ1) is 12.1. The maximum atomic E-state index is 12.3. The molecule has 1 saturated carbocycles. The molecule has 0 saturated heterocycles. The monoisotopic (exact) mass is 338 g/mol. The van der Waals surface area contributed by atoms with Crippen LogP contribution >= 0.6 is 0 Å². The molecule has 1 fully saturated rings. The molecule has 0 aliphatic heterocycles. The highest BCUT2D eigenvalue weighted by Gasteiger charge is 2.34. The van der Waals surface area contributed by atoms with Crippen LogP contribution < -0.4 is 11.1 Å². The van der Waals surface area contributed by atoms with E-state index in [4.69, 9.17) is 5.73 Å². The van der Waals surface area contributed by atoms with Crippen molar-refractivity contribution in [3.05, 3.63) is 71.8 Å². The van der Waals surface area contributed by atoms with Crippen LogP contribution in [-0.2, 0) is 4.79 Å². The van der Waals surface area contributed by atoms with Gasteiger partial charge in [-0.2, -0.15) is 0 Å². The minimum Gasteiger partial charge on any atom is -0.391 e. The molecule has 4 N–H and O–H groups in total. The first-order valence-corrected chi connectivity index (χ1v) is 8.96. The number of nitrogens with one attached hydrogen (secondary N) is 1. The molecule has 0 bridgehead atoms. The van der Waals surface area contributed by atoms with E-state index in [0.717, 1.165) is 6.42 Å². The molecule has 3 rings (SSSR count). The second-order valence-electron chi connectivity index (χ2n) is 6.85. The first-order valence-electron chi connectivity index (χ1n) is 8.96. The Morgan fingerprint density at radius 2 is 1.60 bits per heavy atom. The Bertz CT molecular complexity index is 625. The van der Waals surface area contributed by atoms with E-state index in [-0.39, 0.29) is 23.8 Å². The molecular weight excluding hydrogens is 312 g/mol. The highest BCUT2D eigenvalue weighted by molar-refractivity contribution is 5.79. The number of carbonyl (C=O) groups is 1. The normalized spacial score (nSPS) is 22.9. The predicted molar refractivity (Wildman–Crippen MR) is 99.1 cm³/mol. The van der Waals surface area contributed by atoms with Gasteiger partial charge in [-0.15, -0.1) is 0 Å². The van der Waals surface area contributed by atoms with Crippen LogP contribution in [0.1, 0.15) is 36.3 Å². The third kappa shape index (κ3) is 4.47. The van der Waals surface area contributed by atoms with Gasteiger partial charge in [0.05, 0.1) is 6.10 Å². The number of hydrogen-bond donors (Lipinski definition) is 3. The standard InChI is InChI=1S/C21H26N2O2/c22-19-13-17(14-20(19)24)21(25)23-12-11-18(15-7-3-1-4-8-15)16-9-5-2-6-10-16/h1-10,17-20,24H,11-14,22H2,(H,23,25)/t17-,19-,20-/m0/s1. The summed E-state index contributed by atoms with van der Waals surface area (Å²) in [4.78, 5) is 12.3. The van der Waals surface area contributed by atoms with Gasteiger partial charge in [0, 0.05) is 24.4 Å². The molecule has 0 heterocycles. The Balaban J connectivity index is 1.61. The third-order valence-electron chi connectivity index (χ3n) is 5.08. The van der Waals surface area contributed by atoms with E-state index in [1.54, 1.807) is 0 Å². The summed E-state index contributed by atoms with van der Waals surface area (Å²) in [5, 5.41) is 12.8. The van der Waals surface area contributed by atoms with Crippen LogP contribution in [0.4, 0.5) is 0 Å². The van der Waals surface area contributed by atoms with Gasteiger partial charge >= 0.3 is 0 Å². The summed E-state index contributed by atoms with van der Waals surface area (Å²) in [6, 6.07) is 20.5. The zero-order valence-corrected chi connectivity index (χ0v) is 14.3. The zero-order chi connectivity index (χ0) is 17.6. The fourth-order valence-corrected chi connectivity index (χ4v) is 3.64. The van der Waals surface area contributed by atoms with Crippen molar-refractivity contribution < 1.29 is 9.90 Å². The van der Waals surface area contributed by atoms with Crippen LogP contribution in [0, 0.1) is 5.92 Å². The fourth-order valence-electron chi connectivity index (χ4n) is 3.64. The molecule has 2 aromatic carbocycles. The van der Waals surface area contributed by atoms with Crippen molar-refractivity contribution in [2.24, 2.45) is 11.7 Å². The Hall–Kier alpha value is -2.17. The lowest BCUT2D eigenvalue weighted by molar-refractivity contribution is -0.125. The minimum atomic E-state index is -0.558. The van der Waals surface area contributed by atoms with E-state index in [1.165, 1.54) is 11.1 Å². The third-order valence-corrected chi connectivity index (χ3v) is 5.08. The quantitative estimate of drug-likeness (QED) is 0.757. The van der Waals surface area contributed by atoms with Crippen molar-refractivity contribution in [2.75, 3.05) is 6.54 Å². The van der Waals surface area contributed by atoms with Crippen molar-refractivity contribution in [3.63, 3.8) is 0 Å². The molecule has 1 aliphatic rings. The van der Waals surface area contributed by atoms with E-state index in [9.17, 15) is 9.90 Å². The van der Waals surface area contributed by atoms with Gasteiger partial charge in [0.25, 0.3) is 0 Å². The molecule has 3 atom stereocenters. The Labute approximate surface area is 149 Å². The zero-order valence-electron chi connectivity index (χ0n) is 14.3. The first kappa shape index (κ1) is 17.6. The molecule has 1 aliphatic carbocycles. The van der Waals surface area contributed by atoms with Crippen molar-refractivity contribution in [3.8, 4) is 0 Å². The number of aliphatic hydroxyl groups excluding tert-OH is 1. The summed E-state index contributed by atoms with van der Waals surface area (Å²) in [5.74, 6) is 0.0860. The second kappa shape index (κ2) is 8.28. The van der Waals surface area contributed by atoms with Crippen LogP contribution in [-0.4, -0.2) is 29.7 Å². The van der Waals surface area contributed by atoms with Crippen molar-refractivity contribution in [2.45, 2.75) is 37.3 Å². The van der Waals surface area contributed by atoms with Crippen LogP contribution in [0.5, 0.6) is 0 Å². The summed E-state index contributed by atoms with van der Waals surface area (Å²) in [6.45, 7) is 0.606. The number of nitrogens with two attached hydrogens (primary N) is 1. The van der Waals surface area contributed by atoms with Gasteiger partial charge in [-0.25, -0.2) is 0 Å². The average Bonchev–Trinajstić information content (AvgIpc) is 2.99. The maximum absolute atomic E-state index is 12.3. The maximum Gasteiger partial charge on any atom is 0.223 e. The highest BCUT2D eigenvalue weighted by Crippen LogP contribution is 2.28. The van der Waals surface area contributed by atoms with Crippen LogP contribution in [0.2, 0.25) is 0 Å². The Morgan fingerprint density at radius 1 is 1.04 bits per heavy atom. The Kier molecular flexibility index (Phi) is 5.84. The fraction of sp³-hybridized carbons (Fsp3) is 0.381. The number of benzene rings is 2. The molecule has 1 amide bonds. The number of rotatable bonds is 6. The molecule has 132 valence electrons. The van der Waals surface area contributed by atoms with Crippen LogP contribution in [0.3, 0.4) is 0 Å². The van der Waals surface area contributed by atoms with E-state index in [0.29, 0.717) is 19.4 Å². The molecule has 0 radical (unpaired) electrons. The molecule has 4 heteroatoms. The number of carbonyl (C=O) groups excluding carboxylic acids is 1. The second-order valence-corrected chi connectivity index (χ2v) is 6.85. The molecule has 0 aromatic heterocycles. The van der Waals surface area contributed by atoms with Gasteiger partial charge in [-0.05, 0) is 30.4 Å². The summed E-state index contributed by atoms with van der Waals surface area (Å²) < 4.78 is 0. The molecular formula is C21H26N2O2. The predicted octanol–water partition coefficient (Wildman–Crippen LogP) is 2.42. The molecule has 25 heavy (non-hydrogen) atoms. The van der Waals surface area contributed by atoms with E-state index >= 15 is 0 Å². The van der Waals surface area contributed by atoms with Crippen molar-refractivity contribution >= 4 is 5.91 Å². The van der Waals surface area contributed by atoms with Gasteiger partial charge < -0.3 is 16.2 Å². The number of aliphatic hydroxyl groups is 1. The van der Waals surface area contributed by atoms with Crippen molar-refractivity contribution in [1.82, 2.24) is 5.32 Å². The summed E-state index contributed by atoms with van der Waals surface area (Å²) in [7, 11) is 0. The molecule has 0 spiro atoms. The lowest BCUT2D eigenvalue weighted by Crippen LogP contribution is -2.32. The average molecular weight is 338 g/mol. The van der Waals surface area contributed by atoms with Crippen molar-refractivity contribution in [1.29, 1.82) is 0 Å². The van der Waals surface area contributed by atoms with Gasteiger partial charge in [0.2, 0.25) is 5.91 Å². The molecule has 0 unspecified atom stereocenters. The topological polar surface area (TPSA) is 75.4 Å². The van der Waals surface area contributed by atoms with Gasteiger partial charge in [-0.3, -0.25) is 4.79 Å². The Morgan fingerprint density at radius 3 is 2.08 bits per heavy atom.